The molecular formula is C6H12NNaO3S2. The van der Waals surface area contributed by atoms with Crippen LogP contribution in [0.3, 0.4) is 0 Å². The van der Waals surface area contributed by atoms with Gasteiger partial charge < -0.3 is 4.55 Å². The fourth-order valence-electron chi connectivity index (χ4n) is 1.18. The molecule has 0 spiro atoms. The molecule has 2 atom stereocenters. The first-order chi connectivity index (χ1) is 5.47. The molecule has 0 aromatic carbocycles. The minimum Gasteiger partial charge on any atom is -0.735 e. The molecule has 1 fully saturated rings. The van der Waals surface area contributed by atoms with E-state index in [1.165, 1.54) is 0 Å². The summed E-state index contributed by atoms with van der Waals surface area (Å²) in [6.07, 6.45) is 1.74. The van der Waals surface area contributed by atoms with Crippen LogP contribution in [0.1, 0.15) is 19.8 Å². The van der Waals surface area contributed by atoms with E-state index in [2.05, 4.69) is 11.6 Å². The summed E-state index contributed by atoms with van der Waals surface area (Å²) < 4.78 is 33.0. The summed E-state index contributed by atoms with van der Waals surface area (Å²) in [5.74, 6) is 0.711. The maximum Gasteiger partial charge on any atom is 1.00 e. The van der Waals surface area contributed by atoms with Gasteiger partial charge in [-0.15, -0.1) is 0 Å². The molecule has 72 valence electrons. The molecule has 1 aliphatic heterocycles. The maximum atomic E-state index is 10.3. The predicted octanol–water partition coefficient (Wildman–Crippen LogP) is -2.68. The van der Waals surface area contributed by atoms with E-state index in [1.807, 2.05) is 0 Å². The van der Waals surface area contributed by atoms with Gasteiger partial charge in [0.25, 0.3) is 0 Å². The zero-order chi connectivity index (χ0) is 9.19. The van der Waals surface area contributed by atoms with Gasteiger partial charge in [0.1, 0.15) is 0 Å². The Morgan fingerprint density at radius 3 is 2.46 bits per heavy atom. The zero-order valence-electron chi connectivity index (χ0n) is 7.82. The number of hydrogen-bond acceptors (Lipinski definition) is 4. The van der Waals surface area contributed by atoms with Crippen LogP contribution in [0.25, 0.3) is 0 Å². The van der Waals surface area contributed by atoms with Crippen molar-refractivity contribution in [2.24, 2.45) is 0 Å². The van der Waals surface area contributed by atoms with Crippen molar-refractivity contribution in [1.29, 1.82) is 0 Å². The van der Waals surface area contributed by atoms with Crippen molar-refractivity contribution in [2.75, 3.05) is 5.75 Å². The molecule has 1 heterocycles. The van der Waals surface area contributed by atoms with Crippen LogP contribution < -0.4 is 34.3 Å². The van der Waals surface area contributed by atoms with Gasteiger partial charge in [0.15, 0.2) is 10.3 Å². The summed E-state index contributed by atoms with van der Waals surface area (Å²) in [4.78, 5) is 0. The van der Waals surface area contributed by atoms with Gasteiger partial charge in [0, 0.05) is 17.0 Å². The third kappa shape index (κ3) is 6.33. The van der Waals surface area contributed by atoms with Crippen molar-refractivity contribution in [3.63, 3.8) is 0 Å². The molecule has 0 saturated carbocycles. The summed E-state index contributed by atoms with van der Waals surface area (Å²) in [7, 11) is -4.25. The van der Waals surface area contributed by atoms with Gasteiger partial charge in [-0.25, -0.2) is 13.1 Å². The van der Waals surface area contributed by atoms with Crippen LogP contribution in [-0.2, 0) is 10.3 Å². The predicted molar refractivity (Wildman–Crippen MR) is 47.8 cm³/mol. The standard InChI is InChI=1S/C6H13NO3S2.Na/c1-5-2-3-6(4-11-5)7-12(8,9)10;/h5-7H,2-4H2,1H3,(H,8,9,10);/q;+1/p-1. The molecule has 0 aromatic rings. The van der Waals surface area contributed by atoms with Gasteiger partial charge in [-0.1, -0.05) is 6.92 Å². The van der Waals surface area contributed by atoms with Crippen molar-refractivity contribution in [3.05, 3.63) is 0 Å². The second-order valence-electron chi connectivity index (χ2n) is 2.99. The van der Waals surface area contributed by atoms with Gasteiger partial charge in [-0.3, -0.25) is 0 Å². The van der Waals surface area contributed by atoms with Crippen molar-refractivity contribution in [1.82, 2.24) is 4.72 Å². The Morgan fingerprint density at radius 2 is 2.08 bits per heavy atom. The molecular weight excluding hydrogens is 221 g/mol. The van der Waals surface area contributed by atoms with Gasteiger partial charge in [0.2, 0.25) is 0 Å². The smallest absolute Gasteiger partial charge is 0.735 e. The number of nitrogens with one attached hydrogen (secondary N) is 1. The quantitative estimate of drug-likeness (QED) is 0.417. The first-order valence-corrected chi connectivity index (χ1v) is 6.28. The Balaban J connectivity index is 0.00000144. The minimum atomic E-state index is -4.25. The second kappa shape index (κ2) is 5.95. The Labute approximate surface area is 105 Å². The van der Waals surface area contributed by atoms with Crippen LogP contribution in [0, 0.1) is 0 Å². The number of thioether (sulfide) groups is 1. The molecule has 1 N–H and O–H groups in total. The Bertz CT molecular complexity index is 236. The molecule has 0 bridgehead atoms. The fraction of sp³-hybridized carbons (Fsp3) is 1.00. The van der Waals surface area contributed by atoms with Gasteiger partial charge in [-0.05, 0) is 12.8 Å². The van der Waals surface area contributed by atoms with Crippen LogP contribution in [0.15, 0.2) is 0 Å². The van der Waals surface area contributed by atoms with Crippen molar-refractivity contribution in [2.45, 2.75) is 31.1 Å². The third-order valence-electron chi connectivity index (χ3n) is 1.81. The average Bonchev–Trinajstić information content (AvgIpc) is 1.91. The van der Waals surface area contributed by atoms with E-state index in [0.717, 1.165) is 12.8 Å². The average molecular weight is 233 g/mol. The molecule has 1 saturated heterocycles. The molecule has 4 nitrogen and oxygen atoms in total. The summed E-state index contributed by atoms with van der Waals surface area (Å²) in [6, 6.07) is -0.159. The molecule has 2 unspecified atom stereocenters. The Morgan fingerprint density at radius 1 is 1.46 bits per heavy atom. The van der Waals surface area contributed by atoms with E-state index in [1.54, 1.807) is 11.8 Å². The molecule has 13 heavy (non-hydrogen) atoms. The van der Waals surface area contributed by atoms with Crippen molar-refractivity contribution in [3.8, 4) is 0 Å². The van der Waals surface area contributed by atoms with Crippen LogP contribution in [0.2, 0.25) is 0 Å². The first kappa shape index (κ1) is 14.2. The largest absolute Gasteiger partial charge is 1.00 e. The van der Waals surface area contributed by atoms with E-state index < -0.39 is 10.3 Å². The summed E-state index contributed by atoms with van der Waals surface area (Å²) in [5, 5.41) is 0.581. The Hall–Kier alpha value is 1.22. The van der Waals surface area contributed by atoms with Gasteiger partial charge in [-0.2, -0.15) is 11.8 Å². The minimum absolute atomic E-state index is 0. The van der Waals surface area contributed by atoms with Crippen LogP contribution in [-0.4, -0.2) is 30.0 Å². The normalized spacial score (nSPS) is 29.4. The number of hydrogen-bond donors (Lipinski definition) is 1. The fourth-order valence-corrected chi connectivity index (χ4v) is 3.01. The molecule has 0 aliphatic carbocycles. The van der Waals surface area contributed by atoms with Crippen molar-refractivity contribution < 1.29 is 42.5 Å². The monoisotopic (exact) mass is 233 g/mol. The van der Waals surface area contributed by atoms with E-state index in [0.29, 0.717) is 11.0 Å². The summed E-state index contributed by atoms with van der Waals surface area (Å²) in [6.45, 7) is 2.10. The van der Waals surface area contributed by atoms with E-state index >= 15 is 0 Å². The SMILES string of the molecule is CC1CCC(NS(=O)(=O)[O-])CS1.[Na+]. The van der Waals surface area contributed by atoms with Crippen LogP contribution in [0.5, 0.6) is 0 Å². The molecule has 1 rings (SSSR count). The summed E-state index contributed by atoms with van der Waals surface area (Å²) in [5.41, 5.74) is 0. The van der Waals surface area contributed by atoms with E-state index in [-0.39, 0.29) is 35.6 Å². The van der Waals surface area contributed by atoms with Crippen molar-refractivity contribution >= 4 is 22.1 Å². The molecule has 0 radical (unpaired) electrons. The molecule has 0 aromatic heterocycles. The molecule has 1 aliphatic rings. The van der Waals surface area contributed by atoms with E-state index in [4.69, 9.17) is 0 Å². The van der Waals surface area contributed by atoms with Gasteiger partial charge in [0.05, 0.1) is 0 Å². The molecule has 7 heteroatoms. The van der Waals surface area contributed by atoms with Crippen LogP contribution in [0.4, 0.5) is 0 Å². The molecule has 0 amide bonds. The van der Waals surface area contributed by atoms with Gasteiger partial charge >= 0.3 is 29.6 Å². The number of rotatable bonds is 2. The first-order valence-electron chi connectivity index (χ1n) is 3.82. The second-order valence-corrected chi connectivity index (χ2v) is 5.61. The third-order valence-corrected chi connectivity index (χ3v) is 3.84. The zero-order valence-corrected chi connectivity index (χ0v) is 11.5. The van der Waals surface area contributed by atoms with Crippen LogP contribution >= 0.6 is 11.8 Å². The van der Waals surface area contributed by atoms with E-state index in [9.17, 15) is 13.0 Å². The maximum absolute atomic E-state index is 10.3. The topological polar surface area (TPSA) is 69.2 Å². The Kier molecular flexibility index (Phi) is 6.50. The summed E-state index contributed by atoms with van der Waals surface area (Å²) >= 11 is 1.70.